The summed E-state index contributed by atoms with van der Waals surface area (Å²) in [6.07, 6.45) is 0. The Morgan fingerprint density at radius 1 is 1.16 bits per heavy atom. The van der Waals surface area contributed by atoms with E-state index in [0.717, 1.165) is 38.3 Å². The highest BCUT2D eigenvalue weighted by Crippen LogP contribution is 2.22. The second-order valence-corrected chi connectivity index (χ2v) is 5.64. The van der Waals surface area contributed by atoms with Crippen molar-refractivity contribution >= 4 is 40.7 Å². The van der Waals surface area contributed by atoms with E-state index in [0.29, 0.717) is 10.0 Å². The van der Waals surface area contributed by atoms with Gasteiger partial charge in [0.1, 0.15) is 5.88 Å². The molecule has 0 radical (unpaired) electrons. The van der Waals surface area contributed by atoms with Crippen molar-refractivity contribution in [3.63, 3.8) is 0 Å². The molecule has 0 saturated carbocycles. The summed E-state index contributed by atoms with van der Waals surface area (Å²) in [5.74, 6) is 0.0640. The number of benzene rings is 1. The molecule has 104 valence electrons. The standard InChI is InChI=1S/C13H15Cl3N2O/c14-8-13(19)18-5-3-17(4-6-18)9-10-1-2-11(15)7-12(10)16/h1-2,7H,3-6,8-9H2. The molecule has 1 aliphatic heterocycles. The SMILES string of the molecule is O=C(CCl)N1CCN(Cc2ccc(Cl)cc2Cl)CC1. The fourth-order valence-corrected chi connectivity index (χ4v) is 2.77. The number of hydrogen-bond donors (Lipinski definition) is 0. The van der Waals surface area contributed by atoms with Crippen LogP contribution in [0.5, 0.6) is 0 Å². The zero-order valence-electron chi connectivity index (χ0n) is 10.4. The van der Waals surface area contributed by atoms with Gasteiger partial charge in [0.05, 0.1) is 0 Å². The molecule has 0 spiro atoms. The van der Waals surface area contributed by atoms with Crippen molar-refractivity contribution < 1.29 is 4.79 Å². The van der Waals surface area contributed by atoms with Gasteiger partial charge in [-0.2, -0.15) is 0 Å². The van der Waals surface area contributed by atoms with Crippen molar-refractivity contribution in [3.8, 4) is 0 Å². The fourth-order valence-electron chi connectivity index (χ4n) is 2.13. The Bertz CT molecular complexity index is 459. The van der Waals surface area contributed by atoms with E-state index in [1.54, 1.807) is 11.0 Å². The zero-order chi connectivity index (χ0) is 13.8. The molecule has 1 aromatic rings. The second kappa shape index (κ2) is 6.80. The average molecular weight is 322 g/mol. The Balaban J connectivity index is 1.90. The molecule has 0 unspecified atom stereocenters. The van der Waals surface area contributed by atoms with Crippen LogP contribution in [0.4, 0.5) is 0 Å². The van der Waals surface area contributed by atoms with Crippen LogP contribution in [0, 0.1) is 0 Å². The van der Waals surface area contributed by atoms with Crippen LogP contribution in [-0.4, -0.2) is 47.8 Å². The Hall–Kier alpha value is -0.480. The molecule has 6 heteroatoms. The minimum Gasteiger partial charge on any atom is -0.339 e. The minimum atomic E-state index is 0.00541. The van der Waals surface area contributed by atoms with E-state index in [-0.39, 0.29) is 11.8 Å². The average Bonchev–Trinajstić information content (AvgIpc) is 2.42. The van der Waals surface area contributed by atoms with Gasteiger partial charge in [-0.05, 0) is 17.7 Å². The van der Waals surface area contributed by atoms with Gasteiger partial charge in [0, 0.05) is 42.8 Å². The first-order valence-electron chi connectivity index (χ1n) is 6.10. The summed E-state index contributed by atoms with van der Waals surface area (Å²) in [6.45, 7) is 3.88. The molecule has 19 heavy (non-hydrogen) atoms. The minimum absolute atomic E-state index is 0.00541. The maximum absolute atomic E-state index is 11.5. The van der Waals surface area contributed by atoms with Crippen LogP contribution < -0.4 is 0 Å². The van der Waals surface area contributed by atoms with Gasteiger partial charge in [-0.3, -0.25) is 9.69 Å². The highest BCUT2D eigenvalue weighted by Gasteiger charge is 2.20. The quantitative estimate of drug-likeness (QED) is 0.799. The van der Waals surface area contributed by atoms with Gasteiger partial charge in [0.25, 0.3) is 0 Å². The van der Waals surface area contributed by atoms with Crippen LogP contribution in [0.15, 0.2) is 18.2 Å². The van der Waals surface area contributed by atoms with Crippen molar-refractivity contribution in [2.75, 3.05) is 32.1 Å². The van der Waals surface area contributed by atoms with Gasteiger partial charge in [-0.1, -0.05) is 29.3 Å². The Morgan fingerprint density at radius 2 is 1.84 bits per heavy atom. The third-order valence-electron chi connectivity index (χ3n) is 3.25. The number of nitrogens with zero attached hydrogens (tertiary/aromatic N) is 2. The van der Waals surface area contributed by atoms with E-state index in [1.807, 2.05) is 12.1 Å². The number of piperazine rings is 1. The maximum atomic E-state index is 11.5. The van der Waals surface area contributed by atoms with E-state index < -0.39 is 0 Å². The van der Waals surface area contributed by atoms with Gasteiger partial charge in [-0.25, -0.2) is 0 Å². The van der Waals surface area contributed by atoms with Crippen molar-refractivity contribution in [2.45, 2.75) is 6.54 Å². The molecule has 1 aromatic carbocycles. The van der Waals surface area contributed by atoms with Crippen molar-refractivity contribution in [1.29, 1.82) is 0 Å². The topological polar surface area (TPSA) is 23.6 Å². The first kappa shape index (κ1) is 14.9. The third-order valence-corrected chi connectivity index (χ3v) is 4.06. The number of alkyl halides is 1. The fraction of sp³-hybridized carbons (Fsp3) is 0.462. The monoisotopic (exact) mass is 320 g/mol. The van der Waals surface area contributed by atoms with Crippen LogP contribution in [0.2, 0.25) is 10.0 Å². The molecule has 1 heterocycles. The van der Waals surface area contributed by atoms with Gasteiger partial charge in [0.2, 0.25) is 5.91 Å². The predicted octanol–water partition coefficient (Wildman–Crippen LogP) is 2.88. The number of hydrogen-bond acceptors (Lipinski definition) is 2. The van der Waals surface area contributed by atoms with Crippen LogP contribution >= 0.6 is 34.8 Å². The molecule has 2 rings (SSSR count). The van der Waals surface area contributed by atoms with Crippen LogP contribution in [-0.2, 0) is 11.3 Å². The molecule has 3 nitrogen and oxygen atoms in total. The molecule has 1 saturated heterocycles. The number of carbonyl (C=O) groups is 1. The molecule has 0 bridgehead atoms. The number of amides is 1. The Kier molecular flexibility index (Phi) is 5.34. The second-order valence-electron chi connectivity index (χ2n) is 4.53. The van der Waals surface area contributed by atoms with Gasteiger partial charge in [-0.15, -0.1) is 11.6 Å². The first-order chi connectivity index (χ1) is 9.10. The van der Waals surface area contributed by atoms with Gasteiger partial charge >= 0.3 is 0 Å². The van der Waals surface area contributed by atoms with Crippen molar-refractivity contribution in [1.82, 2.24) is 9.80 Å². The predicted molar refractivity (Wildman–Crippen MR) is 79.0 cm³/mol. The van der Waals surface area contributed by atoms with Crippen LogP contribution in [0.25, 0.3) is 0 Å². The lowest BCUT2D eigenvalue weighted by Crippen LogP contribution is -2.48. The van der Waals surface area contributed by atoms with Crippen LogP contribution in [0.3, 0.4) is 0 Å². The molecule has 0 aliphatic carbocycles. The zero-order valence-corrected chi connectivity index (χ0v) is 12.7. The lowest BCUT2D eigenvalue weighted by Gasteiger charge is -2.34. The smallest absolute Gasteiger partial charge is 0.237 e. The van der Waals surface area contributed by atoms with E-state index in [2.05, 4.69) is 4.90 Å². The van der Waals surface area contributed by atoms with E-state index in [4.69, 9.17) is 34.8 Å². The first-order valence-corrected chi connectivity index (χ1v) is 7.39. The van der Waals surface area contributed by atoms with Crippen molar-refractivity contribution in [3.05, 3.63) is 33.8 Å². The van der Waals surface area contributed by atoms with E-state index in [1.165, 1.54) is 0 Å². The number of halogens is 3. The Labute approximate surface area is 128 Å². The summed E-state index contributed by atoms with van der Waals surface area (Å²) >= 11 is 17.6. The lowest BCUT2D eigenvalue weighted by molar-refractivity contribution is -0.130. The normalized spacial score (nSPS) is 16.7. The number of rotatable bonds is 3. The summed E-state index contributed by atoms with van der Waals surface area (Å²) in [4.78, 5) is 15.5. The highest BCUT2D eigenvalue weighted by atomic mass is 35.5. The summed E-state index contributed by atoms with van der Waals surface area (Å²) < 4.78 is 0. The van der Waals surface area contributed by atoms with E-state index in [9.17, 15) is 4.79 Å². The number of carbonyl (C=O) groups excluding carboxylic acids is 1. The summed E-state index contributed by atoms with van der Waals surface area (Å²) in [7, 11) is 0. The maximum Gasteiger partial charge on any atom is 0.237 e. The highest BCUT2D eigenvalue weighted by molar-refractivity contribution is 6.35. The Morgan fingerprint density at radius 3 is 2.42 bits per heavy atom. The van der Waals surface area contributed by atoms with E-state index >= 15 is 0 Å². The molecular weight excluding hydrogens is 307 g/mol. The molecule has 0 N–H and O–H groups in total. The molecular formula is C13H15Cl3N2O. The van der Waals surface area contributed by atoms with Gasteiger partial charge < -0.3 is 4.90 Å². The summed E-state index contributed by atoms with van der Waals surface area (Å²) in [6, 6.07) is 5.54. The molecule has 1 amide bonds. The van der Waals surface area contributed by atoms with Crippen molar-refractivity contribution in [2.24, 2.45) is 0 Å². The molecule has 0 aromatic heterocycles. The summed E-state index contributed by atoms with van der Waals surface area (Å²) in [5, 5.41) is 1.33. The lowest BCUT2D eigenvalue weighted by atomic mass is 10.2. The molecule has 1 fully saturated rings. The largest absolute Gasteiger partial charge is 0.339 e. The van der Waals surface area contributed by atoms with Gasteiger partial charge in [0.15, 0.2) is 0 Å². The third kappa shape index (κ3) is 3.99. The summed E-state index contributed by atoms with van der Waals surface area (Å²) in [5.41, 5.74) is 1.06. The van der Waals surface area contributed by atoms with Crippen LogP contribution in [0.1, 0.15) is 5.56 Å². The molecule has 1 aliphatic rings. The molecule has 0 atom stereocenters.